The Labute approximate surface area is 193 Å². The first-order valence-corrected chi connectivity index (χ1v) is 11.9. The van der Waals surface area contributed by atoms with Gasteiger partial charge in [0.25, 0.3) is 5.56 Å². The molecule has 0 aliphatic carbocycles. The predicted octanol–water partition coefficient (Wildman–Crippen LogP) is 2.75. The number of alkyl halides is 3. The smallest absolute Gasteiger partial charge is 0.368 e. The van der Waals surface area contributed by atoms with E-state index in [-0.39, 0.29) is 25.0 Å². The molecule has 3 rings (SSSR count). The molecule has 2 heterocycles. The van der Waals surface area contributed by atoms with Gasteiger partial charge in [-0.1, -0.05) is 44.2 Å². The lowest BCUT2D eigenvalue weighted by Crippen LogP contribution is -2.47. The molecule has 3 atom stereocenters. The van der Waals surface area contributed by atoms with E-state index in [9.17, 15) is 31.2 Å². The third kappa shape index (κ3) is 4.97. The molecule has 13 heteroatoms. The summed E-state index contributed by atoms with van der Waals surface area (Å²) < 4.78 is 81.2. The lowest BCUT2D eigenvalue weighted by molar-refractivity contribution is -0.125. The summed E-state index contributed by atoms with van der Waals surface area (Å²) in [6.07, 6.45) is -3.30. The number of aromatic nitrogens is 2. The molecule has 34 heavy (non-hydrogen) atoms. The lowest BCUT2D eigenvalue weighted by atomic mass is 9.89. The van der Waals surface area contributed by atoms with Gasteiger partial charge in [-0.05, 0) is 25.3 Å². The SMILES string of the molecule is CCC1(CC)O[C@@H](n2cc(C)c(=O)[nH]c2=O)C(OS(=O)(=O)C(F)(F)F)[C@H]1OCc1ccccc1. The summed E-state index contributed by atoms with van der Waals surface area (Å²) in [6, 6.07) is 8.71. The first kappa shape index (κ1) is 26.1. The van der Waals surface area contributed by atoms with Crippen molar-refractivity contribution in [2.45, 2.75) is 69.8 Å². The second kappa shape index (κ2) is 9.64. The molecule has 1 N–H and O–H groups in total. The van der Waals surface area contributed by atoms with Gasteiger partial charge in [-0.15, -0.1) is 0 Å². The summed E-state index contributed by atoms with van der Waals surface area (Å²) in [6.45, 7) is 4.69. The van der Waals surface area contributed by atoms with Crippen molar-refractivity contribution in [3.8, 4) is 0 Å². The van der Waals surface area contributed by atoms with Crippen molar-refractivity contribution < 1.29 is 35.2 Å². The van der Waals surface area contributed by atoms with Gasteiger partial charge in [0.1, 0.15) is 6.10 Å². The number of nitrogens with zero attached hydrogens (tertiary/aromatic N) is 1. The van der Waals surface area contributed by atoms with E-state index in [0.717, 1.165) is 10.8 Å². The maximum atomic E-state index is 13.2. The minimum atomic E-state index is -6.08. The van der Waals surface area contributed by atoms with Crippen LogP contribution in [0, 0.1) is 6.92 Å². The highest BCUT2D eigenvalue weighted by atomic mass is 32.2. The van der Waals surface area contributed by atoms with Crippen LogP contribution in [0.1, 0.15) is 44.0 Å². The Kier molecular flexibility index (Phi) is 7.41. The summed E-state index contributed by atoms with van der Waals surface area (Å²) in [5, 5.41) is 0. The Bertz CT molecular complexity index is 1220. The van der Waals surface area contributed by atoms with E-state index in [1.165, 1.54) is 6.92 Å². The van der Waals surface area contributed by atoms with Gasteiger partial charge >= 0.3 is 21.3 Å². The fourth-order valence-electron chi connectivity index (χ4n) is 3.94. The number of rotatable bonds is 8. The number of benzene rings is 1. The van der Waals surface area contributed by atoms with Crippen molar-refractivity contribution in [3.63, 3.8) is 0 Å². The third-order valence-corrected chi connectivity index (χ3v) is 6.91. The van der Waals surface area contributed by atoms with Gasteiger partial charge in [0.2, 0.25) is 0 Å². The van der Waals surface area contributed by atoms with Crippen LogP contribution in [-0.4, -0.2) is 41.3 Å². The molecular formula is C21H25F3N2O7S. The standard InChI is InChI=1S/C21H25F3N2O7S/c1-4-20(5-2)16(31-12-14-9-7-6-8-10-14)15(33-34(29,30)21(22,23)24)18(32-20)26-11-13(3)17(27)25-19(26)28/h6-11,15-16,18H,4-5,12H2,1-3H3,(H,25,27,28)/t15?,16-,18-/m1/s1. The zero-order chi connectivity index (χ0) is 25.3. The third-order valence-electron chi connectivity index (χ3n) is 5.86. The molecule has 9 nitrogen and oxygen atoms in total. The highest BCUT2D eigenvalue weighted by Crippen LogP contribution is 2.46. The molecule has 0 saturated carbocycles. The van der Waals surface area contributed by atoms with E-state index < -0.39 is 50.9 Å². The largest absolute Gasteiger partial charge is 0.523 e. The number of halogens is 3. The van der Waals surface area contributed by atoms with Crippen LogP contribution in [0.5, 0.6) is 0 Å². The van der Waals surface area contributed by atoms with Gasteiger partial charge in [-0.2, -0.15) is 21.6 Å². The van der Waals surface area contributed by atoms with Gasteiger partial charge in [0.15, 0.2) is 12.3 Å². The summed E-state index contributed by atoms with van der Waals surface area (Å²) in [7, 11) is -6.08. The van der Waals surface area contributed by atoms with Crippen LogP contribution in [0.25, 0.3) is 0 Å². The Balaban J connectivity index is 2.13. The van der Waals surface area contributed by atoms with Gasteiger partial charge in [0, 0.05) is 11.8 Å². The molecule has 1 aromatic heterocycles. The van der Waals surface area contributed by atoms with Crippen LogP contribution in [0.3, 0.4) is 0 Å². The number of nitrogens with one attached hydrogen (secondary N) is 1. The number of aryl methyl sites for hydroxylation is 1. The first-order valence-electron chi connectivity index (χ1n) is 10.5. The Morgan fingerprint density at radius 3 is 2.32 bits per heavy atom. The fraction of sp³-hybridized carbons (Fsp3) is 0.524. The maximum absolute atomic E-state index is 13.2. The Hall–Kier alpha value is -2.48. The van der Waals surface area contributed by atoms with Crippen molar-refractivity contribution in [3.05, 3.63) is 68.5 Å². The zero-order valence-electron chi connectivity index (χ0n) is 18.7. The van der Waals surface area contributed by atoms with Crippen LogP contribution >= 0.6 is 0 Å². The second-order valence-electron chi connectivity index (χ2n) is 7.94. The van der Waals surface area contributed by atoms with Crippen molar-refractivity contribution in [1.82, 2.24) is 9.55 Å². The average Bonchev–Trinajstić information content (AvgIpc) is 3.07. The molecule has 188 valence electrons. The fourth-order valence-corrected chi connectivity index (χ4v) is 4.54. The molecule has 1 aromatic carbocycles. The molecule has 0 spiro atoms. The number of ether oxygens (including phenoxy) is 2. The van der Waals surface area contributed by atoms with Crippen molar-refractivity contribution in [2.24, 2.45) is 0 Å². The number of hydrogen-bond donors (Lipinski definition) is 1. The van der Waals surface area contributed by atoms with Gasteiger partial charge in [0.05, 0.1) is 12.2 Å². The van der Waals surface area contributed by atoms with Crippen LogP contribution < -0.4 is 11.2 Å². The Morgan fingerprint density at radius 2 is 1.76 bits per heavy atom. The topological polar surface area (TPSA) is 117 Å². The molecule has 0 amide bonds. The summed E-state index contributed by atoms with van der Waals surface area (Å²) in [5.41, 5.74) is -7.95. The lowest BCUT2D eigenvalue weighted by Gasteiger charge is -2.33. The van der Waals surface area contributed by atoms with Crippen LogP contribution in [0.4, 0.5) is 13.2 Å². The van der Waals surface area contributed by atoms with Gasteiger partial charge < -0.3 is 9.47 Å². The maximum Gasteiger partial charge on any atom is 0.523 e. The summed E-state index contributed by atoms with van der Waals surface area (Å²) >= 11 is 0. The second-order valence-corrected chi connectivity index (χ2v) is 9.50. The van der Waals surface area contributed by atoms with Gasteiger partial charge in [-0.25, -0.2) is 4.79 Å². The molecule has 1 unspecified atom stereocenters. The van der Waals surface area contributed by atoms with Crippen molar-refractivity contribution in [1.29, 1.82) is 0 Å². The average molecular weight is 506 g/mol. The normalized spacial score (nSPS) is 22.7. The van der Waals surface area contributed by atoms with E-state index >= 15 is 0 Å². The van der Waals surface area contributed by atoms with Crippen LogP contribution in [0.15, 0.2) is 46.1 Å². The summed E-state index contributed by atoms with van der Waals surface area (Å²) in [4.78, 5) is 26.4. The molecule has 1 aliphatic heterocycles. The van der Waals surface area contributed by atoms with Crippen LogP contribution in [-0.2, 0) is 30.4 Å². The molecular weight excluding hydrogens is 481 g/mol. The number of hydrogen-bond acceptors (Lipinski definition) is 7. The predicted molar refractivity (Wildman–Crippen MR) is 114 cm³/mol. The molecule has 1 aliphatic rings. The van der Waals surface area contributed by atoms with E-state index in [1.807, 2.05) is 4.98 Å². The number of H-pyrrole nitrogens is 1. The van der Waals surface area contributed by atoms with Crippen molar-refractivity contribution in [2.75, 3.05) is 0 Å². The monoisotopic (exact) mass is 506 g/mol. The highest BCUT2D eigenvalue weighted by Gasteiger charge is 2.60. The van der Waals surface area contributed by atoms with Crippen molar-refractivity contribution >= 4 is 10.1 Å². The molecule has 1 fully saturated rings. The summed E-state index contributed by atoms with van der Waals surface area (Å²) in [5.74, 6) is 0. The minimum Gasteiger partial charge on any atom is -0.368 e. The van der Waals surface area contributed by atoms with E-state index in [4.69, 9.17) is 9.47 Å². The molecule has 0 radical (unpaired) electrons. The number of aromatic amines is 1. The first-order chi connectivity index (χ1) is 15.8. The molecule has 1 saturated heterocycles. The zero-order valence-corrected chi connectivity index (χ0v) is 19.5. The molecule has 2 aromatic rings. The van der Waals surface area contributed by atoms with E-state index in [2.05, 4.69) is 4.18 Å². The van der Waals surface area contributed by atoms with Crippen LogP contribution in [0.2, 0.25) is 0 Å². The minimum absolute atomic E-state index is 0.0629. The quantitative estimate of drug-likeness (QED) is 0.432. The Morgan fingerprint density at radius 1 is 1.15 bits per heavy atom. The van der Waals surface area contributed by atoms with Gasteiger partial charge in [-0.3, -0.25) is 18.5 Å². The van der Waals surface area contributed by atoms with E-state index in [1.54, 1.807) is 44.2 Å². The molecule has 0 bridgehead atoms. The van der Waals surface area contributed by atoms with E-state index in [0.29, 0.717) is 5.56 Å². The highest BCUT2D eigenvalue weighted by molar-refractivity contribution is 7.87.